The summed E-state index contributed by atoms with van der Waals surface area (Å²) >= 11 is 0. The van der Waals surface area contributed by atoms with E-state index in [-0.39, 0.29) is 24.0 Å². The smallest absolute Gasteiger partial charge is 0.332 e. The van der Waals surface area contributed by atoms with Crippen molar-refractivity contribution in [2.45, 2.75) is 46.0 Å². The van der Waals surface area contributed by atoms with Gasteiger partial charge in [-0.2, -0.15) is 0 Å². The van der Waals surface area contributed by atoms with Crippen molar-refractivity contribution in [1.82, 2.24) is 0 Å². The van der Waals surface area contributed by atoms with Gasteiger partial charge in [0.1, 0.15) is 6.61 Å². The summed E-state index contributed by atoms with van der Waals surface area (Å²) in [7, 11) is 0. The number of hydrogen-bond donors (Lipinski definition) is 5. The number of carboxylic acid groups (broad SMARTS) is 4. The van der Waals surface area contributed by atoms with Crippen molar-refractivity contribution in [1.29, 1.82) is 0 Å². The molecule has 0 aliphatic heterocycles. The minimum atomic E-state index is -1.66. The minimum Gasteiger partial charge on any atom is -0.481 e. The maximum Gasteiger partial charge on any atom is 0.332 e. The SMILES string of the molecule is CC/C=C/C(COO)=C(\CC(CC)C/C(C(=O)O)=C(\CC(=O)O)C(=O)O)C(=O)O. The van der Waals surface area contributed by atoms with Gasteiger partial charge in [-0.05, 0) is 30.8 Å². The summed E-state index contributed by atoms with van der Waals surface area (Å²) in [4.78, 5) is 49.6. The Morgan fingerprint density at radius 1 is 0.862 bits per heavy atom. The molecule has 0 heterocycles. The van der Waals surface area contributed by atoms with E-state index < -0.39 is 54.0 Å². The van der Waals surface area contributed by atoms with E-state index in [4.69, 9.17) is 10.4 Å². The number of aliphatic carboxylic acids is 4. The summed E-state index contributed by atoms with van der Waals surface area (Å²) in [6.45, 7) is 3.10. The third-order valence-corrected chi connectivity index (χ3v) is 4.19. The van der Waals surface area contributed by atoms with E-state index in [1.165, 1.54) is 6.08 Å². The number of rotatable bonds is 14. The van der Waals surface area contributed by atoms with Gasteiger partial charge in [0, 0.05) is 11.1 Å². The first-order chi connectivity index (χ1) is 13.6. The first-order valence-electron chi connectivity index (χ1n) is 8.87. The monoisotopic (exact) mass is 414 g/mol. The van der Waals surface area contributed by atoms with Crippen LogP contribution in [0, 0.1) is 5.92 Å². The van der Waals surface area contributed by atoms with Gasteiger partial charge in [-0.25, -0.2) is 19.3 Å². The molecule has 0 aliphatic carbocycles. The fourth-order valence-corrected chi connectivity index (χ4v) is 2.66. The normalized spacial score (nSPS) is 14.2. The highest BCUT2D eigenvalue weighted by Crippen LogP contribution is 2.28. The Labute approximate surface area is 167 Å². The highest BCUT2D eigenvalue weighted by atomic mass is 17.1. The summed E-state index contributed by atoms with van der Waals surface area (Å²) < 4.78 is 0. The lowest BCUT2D eigenvalue weighted by Gasteiger charge is -2.18. The van der Waals surface area contributed by atoms with Gasteiger partial charge < -0.3 is 20.4 Å². The first kappa shape index (κ1) is 26.0. The molecule has 1 unspecified atom stereocenters. The molecule has 0 saturated carbocycles. The lowest BCUT2D eigenvalue weighted by atomic mass is 9.86. The van der Waals surface area contributed by atoms with Crippen LogP contribution in [-0.2, 0) is 24.1 Å². The Morgan fingerprint density at radius 3 is 1.76 bits per heavy atom. The van der Waals surface area contributed by atoms with Gasteiger partial charge in [0.05, 0.1) is 12.0 Å². The van der Waals surface area contributed by atoms with Crippen LogP contribution in [0.25, 0.3) is 0 Å². The second-order valence-corrected chi connectivity index (χ2v) is 6.21. The van der Waals surface area contributed by atoms with Crippen LogP contribution in [0.2, 0.25) is 0 Å². The molecule has 5 N–H and O–H groups in total. The third kappa shape index (κ3) is 9.17. The molecule has 0 spiro atoms. The summed E-state index contributed by atoms with van der Waals surface area (Å²) in [5, 5.41) is 45.7. The quantitative estimate of drug-likeness (QED) is 0.123. The highest BCUT2D eigenvalue weighted by molar-refractivity contribution is 6.01. The maximum absolute atomic E-state index is 11.7. The van der Waals surface area contributed by atoms with Crippen molar-refractivity contribution in [3.05, 3.63) is 34.4 Å². The van der Waals surface area contributed by atoms with Crippen LogP contribution < -0.4 is 0 Å². The van der Waals surface area contributed by atoms with Crippen molar-refractivity contribution in [3.63, 3.8) is 0 Å². The minimum absolute atomic E-state index is 0.115. The van der Waals surface area contributed by atoms with Gasteiger partial charge in [0.25, 0.3) is 0 Å². The fourth-order valence-electron chi connectivity index (χ4n) is 2.66. The maximum atomic E-state index is 11.7. The van der Waals surface area contributed by atoms with Crippen LogP contribution >= 0.6 is 0 Å². The summed E-state index contributed by atoms with van der Waals surface area (Å²) in [6.07, 6.45) is 2.61. The van der Waals surface area contributed by atoms with Crippen molar-refractivity contribution in [3.8, 4) is 0 Å². The van der Waals surface area contributed by atoms with E-state index in [0.717, 1.165) is 0 Å². The molecular formula is C19H26O10. The van der Waals surface area contributed by atoms with Gasteiger partial charge in [-0.1, -0.05) is 32.4 Å². The second kappa shape index (κ2) is 13.2. The fraction of sp³-hybridized carbons (Fsp3) is 0.474. The number of hydrogen-bond acceptors (Lipinski definition) is 6. The average Bonchev–Trinajstić information content (AvgIpc) is 2.63. The lowest BCUT2D eigenvalue weighted by molar-refractivity contribution is -0.233. The van der Waals surface area contributed by atoms with E-state index in [1.807, 2.05) is 6.92 Å². The average molecular weight is 414 g/mol. The highest BCUT2D eigenvalue weighted by Gasteiger charge is 2.26. The molecule has 0 radical (unpaired) electrons. The summed E-state index contributed by atoms with van der Waals surface area (Å²) in [6, 6.07) is 0. The zero-order valence-electron chi connectivity index (χ0n) is 16.3. The molecule has 162 valence electrons. The van der Waals surface area contributed by atoms with Gasteiger partial charge >= 0.3 is 23.9 Å². The molecule has 0 aromatic heterocycles. The molecule has 29 heavy (non-hydrogen) atoms. The van der Waals surface area contributed by atoms with Gasteiger partial charge in [0.2, 0.25) is 0 Å². The molecule has 0 aliphatic rings. The Balaban J connectivity index is 6.10. The second-order valence-electron chi connectivity index (χ2n) is 6.21. The molecule has 0 saturated heterocycles. The molecular weight excluding hydrogens is 388 g/mol. The van der Waals surface area contributed by atoms with E-state index in [1.54, 1.807) is 13.0 Å². The lowest BCUT2D eigenvalue weighted by Crippen LogP contribution is -2.18. The molecule has 1 atom stereocenters. The van der Waals surface area contributed by atoms with Crippen LogP contribution in [0.15, 0.2) is 34.4 Å². The van der Waals surface area contributed by atoms with Crippen LogP contribution in [0.3, 0.4) is 0 Å². The summed E-state index contributed by atoms with van der Waals surface area (Å²) in [5.74, 6) is -6.62. The van der Waals surface area contributed by atoms with Crippen LogP contribution in [0.1, 0.15) is 46.0 Å². The Hall–Kier alpha value is -2.98. The molecule has 0 aromatic carbocycles. The predicted octanol–water partition coefficient (Wildman–Crippen LogP) is 2.57. The van der Waals surface area contributed by atoms with Gasteiger partial charge in [-0.15, -0.1) is 0 Å². The van der Waals surface area contributed by atoms with E-state index in [9.17, 15) is 34.5 Å². The molecule has 0 fully saturated rings. The number of carboxylic acids is 4. The van der Waals surface area contributed by atoms with Crippen molar-refractivity contribution in [2.24, 2.45) is 5.92 Å². The van der Waals surface area contributed by atoms with E-state index in [2.05, 4.69) is 4.89 Å². The zero-order chi connectivity index (χ0) is 22.6. The zero-order valence-corrected chi connectivity index (χ0v) is 16.3. The van der Waals surface area contributed by atoms with Crippen molar-refractivity contribution in [2.75, 3.05) is 6.61 Å². The Morgan fingerprint density at radius 2 is 1.38 bits per heavy atom. The molecule has 10 heteroatoms. The number of allylic oxidation sites excluding steroid dienone is 1. The van der Waals surface area contributed by atoms with E-state index >= 15 is 0 Å². The topological polar surface area (TPSA) is 179 Å². The third-order valence-electron chi connectivity index (χ3n) is 4.19. The molecule has 10 nitrogen and oxygen atoms in total. The van der Waals surface area contributed by atoms with E-state index in [0.29, 0.717) is 12.8 Å². The molecule has 0 amide bonds. The van der Waals surface area contributed by atoms with Crippen molar-refractivity contribution < 1.29 is 49.7 Å². The van der Waals surface area contributed by atoms with Crippen LogP contribution in [-0.4, -0.2) is 56.2 Å². The first-order valence-corrected chi connectivity index (χ1v) is 8.87. The molecule has 0 rings (SSSR count). The number of carbonyl (C=O) groups is 4. The van der Waals surface area contributed by atoms with Crippen molar-refractivity contribution >= 4 is 23.9 Å². The van der Waals surface area contributed by atoms with Crippen LogP contribution in [0.4, 0.5) is 0 Å². The van der Waals surface area contributed by atoms with Crippen LogP contribution in [0.5, 0.6) is 0 Å². The summed E-state index contributed by atoms with van der Waals surface area (Å²) in [5.41, 5.74) is -1.27. The van der Waals surface area contributed by atoms with Gasteiger partial charge in [-0.3, -0.25) is 10.1 Å². The van der Waals surface area contributed by atoms with Gasteiger partial charge in [0.15, 0.2) is 0 Å². The molecule has 0 bridgehead atoms. The molecule has 0 aromatic rings. The standard InChI is InChI=1S/C19H26O10/c1-3-5-6-12(10-29-28)13(17(22)23)7-11(4-2)8-14(18(24)25)15(19(26)27)9-16(20)21/h5-6,11,28H,3-4,7-10H2,1-2H3,(H,20,21)(H,22,23)(H,24,25)(H,26,27)/b6-5+,13-12-,15-14-. The Kier molecular flexibility index (Phi) is 11.9. The predicted molar refractivity (Wildman–Crippen MR) is 100 cm³/mol. The largest absolute Gasteiger partial charge is 0.481 e. The Bertz CT molecular complexity index is 715.